The summed E-state index contributed by atoms with van der Waals surface area (Å²) < 4.78 is 65.8. The minimum absolute atomic E-state index is 0.0388. The number of halogens is 3. The van der Waals surface area contributed by atoms with Crippen LogP contribution in [0.2, 0.25) is 0 Å². The van der Waals surface area contributed by atoms with Gasteiger partial charge in [0.25, 0.3) is 0 Å². The van der Waals surface area contributed by atoms with Crippen molar-refractivity contribution in [1.29, 1.82) is 0 Å². The van der Waals surface area contributed by atoms with Gasteiger partial charge in [0.05, 0.1) is 11.5 Å². The number of aromatic nitrogens is 1. The van der Waals surface area contributed by atoms with Crippen LogP contribution < -0.4 is 4.74 Å². The molecule has 24 heavy (non-hydrogen) atoms. The Hall–Kier alpha value is -1.35. The lowest BCUT2D eigenvalue weighted by Gasteiger charge is -2.47. The first kappa shape index (κ1) is 17.5. The molecule has 9 heteroatoms. The molecule has 3 heterocycles. The fourth-order valence-corrected chi connectivity index (χ4v) is 5.74. The Morgan fingerprint density at radius 1 is 1.25 bits per heavy atom. The highest BCUT2D eigenvalue weighted by atomic mass is 32.2. The monoisotopic (exact) mass is 364 g/mol. The summed E-state index contributed by atoms with van der Waals surface area (Å²) in [5.41, 5.74) is -1.01. The van der Waals surface area contributed by atoms with E-state index in [1.165, 1.54) is 6.07 Å². The van der Waals surface area contributed by atoms with E-state index in [1.54, 1.807) is 0 Å². The molecule has 0 aliphatic carbocycles. The quantitative estimate of drug-likeness (QED) is 0.818. The highest BCUT2D eigenvalue weighted by Crippen LogP contribution is 2.42. The molecule has 3 rings (SSSR count). The Balaban J connectivity index is 1.43. The summed E-state index contributed by atoms with van der Waals surface area (Å²) in [4.78, 5) is 5.44. The molecule has 2 aliphatic heterocycles. The number of sulfone groups is 1. The molecule has 0 atom stereocenters. The van der Waals surface area contributed by atoms with Gasteiger partial charge in [-0.2, -0.15) is 13.2 Å². The molecular formula is C15H19F3N2O3S. The molecule has 0 saturated carbocycles. The van der Waals surface area contributed by atoms with Gasteiger partial charge in [-0.25, -0.2) is 8.42 Å². The number of rotatable bonds is 4. The number of ether oxygens (including phenoxy) is 1. The number of nitrogens with zero attached hydrogens (tertiary/aromatic N) is 2. The van der Waals surface area contributed by atoms with E-state index in [0.29, 0.717) is 18.1 Å². The molecule has 134 valence electrons. The van der Waals surface area contributed by atoms with E-state index in [0.717, 1.165) is 38.2 Å². The van der Waals surface area contributed by atoms with Crippen molar-refractivity contribution >= 4 is 9.84 Å². The topological polar surface area (TPSA) is 59.5 Å². The Morgan fingerprint density at radius 3 is 2.50 bits per heavy atom. The van der Waals surface area contributed by atoms with E-state index in [1.807, 2.05) is 0 Å². The molecule has 1 spiro atoms. The van der Waals surface area contributed by atoms with E-state index < -0.39 is 21.7 Å². The van der Waals surface area contributed by atoms with Crippen molar-refractivity contribution in [3.8, 4) is 5.75 Å². The number of piperidine rings is 1. The molecule has 0 radical (unpaired) electrons. The van der Waals surface area contributed by atoms with Crippen molar-refractivity contribution in [2.24, 2.45) is 5.41 Å². The summed E-state index contributed by atoms with van der Waals surface area (Å²) in [6.07, 6.45) is -1.71. The number of alkyl halides is 3. The fourth-order valence-electron chi connectivity index (χ4n) is 3.38. The molecule has 0 amide bonds. The van der Waals surface area contributed by atoms with Gasteiger partial charge in [0.15, 0.2) is 9.84 Å². The van der Waals surface area contributed by atoms with Crippen LogP contribution in [0.25, 0.3) is 0 Å². The molecule has 0 bridgehead atoms. The maximum Gasteiger partial charge on any atom is 0.433 e. The maximum absolute atomic E-state index is 12.6. The van der Waals surface area contributed by atoms with Crippen LogP contribution >= 0.6 is 0 Å². The summed E-state index contributed by atoms with van der Waals surface area (Å²) >= 11 is 0. The molecule has 2 saturated heterocycles. The largest absolute Gasteiger partial charge is 0.492 e. The standard InChI is InChI=1S/C15H19F3N2O3S/c16-15(17,18)13-9-12(1-4-19-13)23-8-7-20-5-2-14(3-6-20)10-24(21,22)11-14/h1,4,9H,2-3,5-8,10-11H2. The first-order valence-electron chi connectivity index (χ1n) is 7.76. The van der Waals surface area contributed by atoms with Gasteiger partial charge in [-0.3, -0.25) is 9.88 Å². The van der Waals surface area contributed by atoms with Gasteiger partial charge in [-0.05, 0) is 32.0 Å². The van der Waals surface area contributed by atoms with E-state index >= 15 is 0 Å². The highest BCUT2D eigenvalue weighted by Gasteiger charge is 2.49. The average Bonchev–Trinajstić information content (AvgIpc) is 2.47. The molecule has 1 aromatic rings. The second-order valence-corrected chi connectivity index (χ2v) is 8.66. The summed E-state index contributed by atoms with van der Waals surface area (Å²) in [5.74, 6) is 0.735. The maximum atomic E-state index is 12.6. The summed E-state index contributed by atoms with van der Waals surface area (Å²) in [7, 11) is -2.82. The lowest BCUT2D eigenvalue weighted by atomic mass is 9.81. The first-order chi connectivity index (χ1) is 11.2. The van der Waals surface area contributed by atoms with Crippen LogP contribution in [-0.2, 0) is 16.0 Å². The second kappa shape index (κ2) is 6.18. The summed E-state index contributed by atoms with van der Waals surface area (Å²) in [6.45, 7) is 2.48. The van der Waals surface area contributed by atoms with Gasteiger partial charge in [0.2, 0.25) is 0 Å². The van der Waals surface area contributed by atoms with Gasteiger partial charge >= 0.3 is 6.18 Å². The van der Waals surface area contributed by atoms with Gasteiger partial charge < -0.3 is 4.74 Å². The SMILES string of the molecule is O=S1(=O)CC2(CCN(CCOc3ccnc(C(F)(F)F)c3)CC2)C1. The third-order valence-electron chi connectivity index (χ3n) is 4.67. The van der Waals surface area contributed by atoms with Crippen molar-refractivity contribution < 1.29 is 26.3 Å². The van der Waals surface area contributed by atoms with Gasteiger partial charge in [0, 0.05) is 24.2 Å². The summed E-state index contributed by atoms with van der Waals surface area (Å²) in [6, 6.07) is 2.30. The zero-order chi connectivity index (χ0) is 17.4. The van der Waals surface area contributed by atoms with Gasteiger partial charge in [0.1, 0.15) is 18.1 Å². The van der Waals surface area contributed by atoms with Gasteiger partial charge in [-0.1, -0.05) is 0 Å². The molecule has 1 aromatic heterocycles. The Labute approximate surface area is 138 Å². The third-order valence-corrected chi connectivity index (χ3v) is 6.77. The fraction of sp³-hybridized carbons (Fsp3) is 0.667. The first-order valence-corrected chi connectivity index (χ1v) is 9.59. The normalized spacial score (nSPS) is 23.0. The summed E-state index contributed by atoms with van der Waals surface area (Å²) in [5, 5.41) is 0. The lowest BCUT2D eigenvalue weighted by molar-refractivity contribution is -0.141. The highest BCUT2D eigenvalue weighted by molar-refractivity contribution is 7.92. The van der Waals surface area contributed by atoms with E-state index in [9.17, 15) is 21.6 Å². The smallest absolute Gasteiger partial charge is 0.433 e. The molecular weight excluding hydrogens is 345 g/mol. The third kappa shape index (κ3) is 4.00. The predicted molar refractivity (Wildman–Crippen MR) is 81.5 cm³/mol. The van der Waals surface area contributed by atoms with Crippen LogP contribution in [0.3, 0.4) is 0 Å². The number of hydrogen-bond acceptors (Lipinski definition) is 5. The van der Waals surface area contributed by atoms with Crippen molar-refractivity contribution in [2.75, 3.05) is 37.7 Å². The zero-order valence-electron chi connectivity index (χ0n) is 13.1. The minimum Gasteiger partial charge on any atom is -0.492 e. The van der Waals surface area contributed by atoms with Crippen LogP contribution in [-0.4, -0.2) is 56.0 Å². The van der Waals surface area contributed by atoms with Crippen LogP contribution in [0.15, 0.2) is 18.3 Å². The van der Waals surface area contributed by atoms with Crippen LogP contribution in [0.1, 0.15) is 18.5 Å². The van der Waals surface area contributed by atoms with Crippen molar-refractivity contribution in [3.63, 3.8) is 0 Å². The van der Waals surface area contributed by atoms with Gasteiger partial charge in [-0.15, -0.1) is 0 Å². The molecule has 0 aromatic carbocycles. The molecule has 0 N–H and O–H groups in total. The molecule has 0 unspecified atom stereocenters. The minimum atomic E-state index is -4.48. The average molecular weight is 364 g/mol. The lowest BCUT2D eigenvalue weighted by Crippen LogP contribution is -2.54. The van der Waals surface area contributed by atoms with Crippen molar-refractivity contribution in [2.45, 2.75) is 19.0 Å². The van der Waals surface area contributed by atoms with Crippen molar-refractivity contribution in [1.82, 2.24) is 9.88 Å². The van der Waals surface area contributed by atoms with E-state index in [-0.39, 0.29) is 17.8 Å². The number of likely N-dealkylation sites (tertiary alicyclic amines) is 1. The van der Waals surface area contributed by atoms with Crippen LogP contribution in [0.4, 0.5) is 13.2 Å². The number of pyridine rings is 1. The molecule has 2 aliphatic rings. The van der Waals surface area contributed by atoms with E-state index in [2.05, 4.69) is 9.88 Å². The molecule has 5 nitrogen and oxygen atoms in total. The zero-order valence-corrected chi connectivity index (χ0v) is 13.9. The van der Waals surface area contributed by atoms with E-state index in [4.69, 9.17) is 4.74 Å². The predicted octanol–water partition coefficient (Wildman–Crippen LogP) is 1.99. The molecule has 2 fully saturated rings. The van der Waals surface area contributed by atoms with Crippen molar-refractivity contribution in [3.05, 3.63) is 24.0 Å². The second-order valence-electron chi connectivity index (χ2n) is 6.60. The number of hydrogen-bond donors (Lipinski definition) is 0. The Kier molecular flexibility index (Phi) is 4.50. The Morgan fingerprint density at radius 2 is 1.92 bits per heavy atom. The van der Waals surface area contributed by atoms with Crippen LogP contribution in [0.5, 0.6) is 5.75 Å². The van der Waals surface area contributed by atoms with Crippen LogP contribution in [0, 0.1) is 5.41 Å². The Bertz CT molecular complexity index is 684.